The van der Waals surface area contributed by atoms with Gasteiger partial charge in [-0.2, -0.15) is 16.7 Å². The molecule has 0 saturated carbocycles. The Morgan fingerprint density at radius 1 is 1.26 bits per heavy atom. The number of hydrogen-bond donors (Lipinski definition) is 2. The first kappa shape index (κ1) is 16.4. The summed E-state index contributed by atoms with van der Waals surface area (Å²) in [4.78, 5) is 8.53. The molecule has 0 bridgehead atoms. The Morgan fingerprint density at radius 2 is 1.95 bits per heavy atom. The van der Waals surface area contributed by atoms with Gasteiger partial charge in [-0.25, -0.2) is 4.98 Å². The molecule has 0 spiro atoms. The van der Waals surface area contributed by atoms with E-state index in [-0.39, 0.29) is 4.75 Å². The van der Waals surface area contributed by atoms with Gasteiger partial charge >= 0.3 is 0 Å². The lowest BCUT2D eigenvalue weighted by atomic mass is 10.0. The average molecular weight is 303 g/mol. The fourth-order valence-corrected chi connectivity index (χ4v) is 2.79. The van der Waals surface area contributed by atoms with Gasteiger partial charge in [0, 0.05) is 17.8 Å². The second-order valence-corrected chi connectivity index (χ2v) is 6.05. The first-order valence-electron chi connectivity index (χ1n) is 6.66. The molecule has 1 aromatic rings. The number of nitrogens with zero attached hydrogens (tertiary/aromatic N) is 2. The summed E-state index contributed by atoms with van der Waals surface area (Å²) in [5.41, 5.74) is 0. The van der Waals surface area contributed by atoms with Crippen molar-refractivity contribution in [3.05, 3.63) is 11.2 Å². The predicted molar refractivity (Wildman–Crippen MR) is 86.5 cm³/mol. The van der Waals surface area contributed by atoms with E-state index in [1.165, 1.54) is 0 Å². The molecule has 6 heteroatoms. The average Bonchev–Trinajstić information content (AvgIpc) is 2.44. The molecule has 1 aromatic heterocycles. The molecule has 2 N–H and O–H groups in total. The maximum Gasteiger partial charge on any atom is 0.224 e. The van der Waals surface area contributed by atoms with Crippen LogP contribution in [0.4, 0.5) is 11.8 Å². The summed E-state index contributed by atoms with van der Waals surface area (Å²) < 4.78 is 0.229. The minimum absolute atomic E-state index is 0.229. The molecule has 0 atom stereocenters. The Labute approximate surface area is 125 Å². The van der Waals surface area contributed by atoms with E-state index in [0.29, 0.717) is 16.8 Å². The Morgan fingerprint density at radius 3 is 2.47 bits per heavy atom. The van der Waals surface area contributed by atoms with Crippen molar-refractivity contribution in [2.75, 3.05) is 30.0 Å². The first-order valence-corrected chi connectivity index (χ1v) is 8.26. The van der Waals surface area contributed by atoms with E-state index < -0.39 is 0 Å². The lowest BCUT2D eigenvalue weighted by molar-refractivity contribution is 0.574. The third-order valence-electron chi connectivity index (χ3n) is 3.38. The topological polar surface area (TPSA) is 49.8 Å². The molecule has 0 saturated heterocycles. The highest BCUT2D eigenvalue weighted by Gasteiger charge is 2.25. The molecule has 0 aliphatic rings. The molecule has 0 aliphatic carbocycles. The number of hydrogen-bond acceptors (Lipinski definition) is 5. The predicted octanol–water partition coefficient (Wildman–Crippen LogP) is 3.90. The van der Waals surface area contributed by atoms with Crippen molar-refractivity contribution in [3.8, 4) is 0 Å². The summed E-state index contributed by atoms with van der Waals surface area (Å²) in [5.74, 6) is 1.31. The Kier molecular flexibility index (Phi) is 6.72. The second kappa shape index (κ2) is 7.80. The molecule has 4 nitrogen and oxygen atoms in total. The maximum absolute atomic E-state index is 6.13. The van der Waals surface area contributed by atoms with E-state index in [0.717, 1.165) is 25.9 Å². The van der Waals surface area contributed by atoms with Crippen molar-refractivity contribution < 1.29 is 0 Å². The second-order valence-electron chi connectivity index (χ2n) is 4.37. The van der Waals surface area contributed by atoms with E-state index in [1.807, 2.05) is 18.7 Å². The van der Waals surface area contributed by atoms with Gasteiger partial charge < -0.3 is 10.6 Å². The summed E-state index contributed by atoms with van der Waals surface area (Å²) in [7, 11) is 0. The maximum atomic E-state index is 6.13. The van der Waals surface area contributed by atoms with Gasteiger partial charge in [-0.3, -0.25) is 0 Å². The molecular weight excluding hydrogens is 280 g/mol. The molecule has 0 aliphatic heterocycles. The highest BCUT2D eigenvalue weighted by Crippen LogP contribution is 2.31. The zero-order chi connectivity index (χ0) is 14.3. The SMILES string of the molecule is CCNc1ncc(Cl)c(NCC(CC)(CC)SC)n1. The zero-order valence-corrected chi connectivity index (χ0v) is 13.7. The van der Waals surface area contributed by atoms with Gasteiger partial charge in [0.05, 0.1) is 6.20 Å². The third kappa shape index (κ3) is 4.42. The summed E-state index contributed by atoms with van der Waals surface area (Å²) in [5, 5.41) is 7.01. The largest absolute Gasteiger partial charge is 0.367 e. The van der Waals surface area contributed by atoms with Crippen molar-refractivity contribution in [2.45, 2.75) is 38.4 Å². The van der Waals surface area contributed by atoms with Gasteiger partial charge in [-0.15, -0.1) is 0 Å². The molecule has 0 amide bonds. The number of halogens is 1. The Balaban J connectivity index is 2.78. The van der Waals surface area contributed by atoms with Crippen LogP contribution in [-0.4, -0.2) is 34.1 Å². The molecule has 1 rings (SSSR count). The van der Waals surface area contributed by atoms with Crippen LogP contribution in [0.5, 0.6) is 0 Å². The van der Waals surface area contributed by atoms with Crippen LogP contribution < -0.4 is 10.6 Å². The summed E-state index contributed by atoms with van der Waals surface area (Å²) in [6.07, 6.45) is 6.01. The quantitative estimate of drug-likeness (QED) is 0.763. The summed E-state index contributed by atoms with van der Waals surface area (Å²) in [6.45, 7) is 8.09. The molecule has 0 fully saturated rings. The molecule has 0 radical (unpaired) electrons. The number of thioether (sulfide) groups is 1. The van der Waals surface area contributed by atoms with Crippen LogP contribution in [0, 0.1) is 0 Å². The highest BCUT2D eigenvalue weighted by atomic mass is 35.5. The van der Waals surface area contributed by atoms with E-state index in [1.54, 1.807) is 6.20 Å². The first-order chi connectivity index (χ1) is 9.10. The van der Waals surface area contributed by atoms with Gasteiger partial charge in [0.2, 0.25) is 5.95 Å². The third-order valence-corrected chi connectivity index (χ3v) is 5.24. The molecular formula is C13H23ClN4S. The Hall–Kier alpha value is -0.680. The zero-order valence-electron chi connectivity index (χ0n) is 12.1. The normalized spacial score (nSPS) is 11.4. The number of rotatable bonds is 8. The Bertz CT molecular complexity index is 388. The van der Waals surface area contributed by atoms with Gasteiger partial charge in [0.25, 0.3) is 0 Å². The van der Waals surface area contributed by atoms with Crippen LogP contribution in [0.25, 0.3) is 0 Å². The van der Waals surface area contributed by atoms with Crippen molar-refractivity contribution >= 4 is 35.1 Å². The molecule has 0 unspecified atom stereocenters. The van der Waals surface area contributed by atoms with Crippen LogP contribution in [0.2, 0.25) is 5.02 Å². The summed E-state index contributed by atoms with van der Waals surface area (Å²) >= 11 is 8.03. The van der Waals surface area contributed by atoms with E-state index in [2.05, 4.69) is 40.7 Å². The monoisotopic (exact) mass is 302 g/mol. The molecule has 108 valence electrons. The van der Waals surface area contributed by atoms with Crippen LogP contribution in [0.1, 0.15) is 33.6 Å². The number of anilines is 2. The van der Waals surface area contributed by atoms with Crippen molar-refractivity contribution in [1.82, 2.24) is 9.97 Å². The summed E-state index contributed by atoms with van der Waals surface area (Å²) in [6, 6.07) is 0. The van der Waals surface area contributed by atoms with Gasteiger partial charge in [0.15, 0.2) is 5.82 Å². The van der Waals surface area contributed by atoms with Crippen LogP contribution >= 0.6 is 23.4 Å². The lowest BCUT2D eigenvalue weighted by Crippen LogP contribution is -2.32. The van der Waals surface area contributed by atoms with Crippen LogP contribution in [0.15, 0.2) is 6.20 Å². The van der Waals surface area contributed by atoms with Crippen molar-refractivity contribution in [2.24, 2.45) is 0 Å². The lowest BCUT2D eigenvalue weighted by Gasteiger charge is -2.30. The fraction of sp³-hybridized carbons (Fsp3) is 0.692. The fourth-order valence-electron chi connectivity index (χ4n) is 1.84. The van der Waals surface area contributed by atoms with Gasteiger partial charge in [-0.05, 0) is 26.0 Å². The van der Waals surface area contributed by atoms with Gasteiger partial charge in [-0.1, -0.05) is 25.4 Å². The smallest absolute Gasteiger partial charge is 0.224 e. The van der Waals surface area contributed by atoms with E-state index in [9.17, 15) is 0 Å². The highest BCUT2D eigenvalue weighted by molar-refractivity contribution is 8.00. The molecule has 1 heterocycles. The minimum Gasteiger partial charge on any atom is -0.367 e. The number of aromatic nitrogens is 2. The number of nitrogens with one attached hydrogen (secondary N) is 2. The van der Waals surface area contributed by atoms with Crippen molar-refractivity contribution in [3.63, 3.8) is 0 Å². The van der Waals surface area contributed by atoms with Gasteiger partial charge in [0.1, 0.15) is 5.02 Å². The minimum atomic E-state index is 0.229. The van der Waals surface area contributed by atoms with Crippen molar-refractivity contribution in [1.29, 1.82) is 0 Å². The van der Waals surface area contributed by atoms with E-state index in [4.69, 9.17) is 11.6 Å². The van der Waals surface area contributed by atoms with E-state index >= 15 is 0 Å². The van der Waals surface area contributed by atoms with Crippen LogP contribution in [0.3, 0.4) is 0 Å². The molecule has 0 aromatic carbocycles. The van der Waals surface area contributed by atoms with Crippen LogP contribution in [-0.2, 0) is 0 Å². The standard InChI is InChI=1S/C13H23ClN4S/c1-5-13(6-2,19-4)9-17-11-10(14)8-16-12(18-11)15-7-3/h8H,5-7,9H2,1-4H3,(H2,15,16,17,18). The molecule has 19 heavy (non-hydrogen) atoms.